The average Bonchev–Trinajstić information content (AvgIpc) is 2.17. The third-order valence-electron chi connectivity index (χ3n) is 3.14. The van der Waals surface area contributed by atoms with Crippen LogP contribution in [0.3, 0.4) is 0 Å². The smallest absolute Gasteiger partial charge is 0.310 e. The summed E-state index contributed by atoms with van der Waals surface area (Å²) in [5, 5.41) is 3.23. The second kappa shape index (κ2) is 4.97. The number of nitrogens with one attached hydrogen (secondary N) is 1. The molecule has 1 saturated heterocycles. The molecule has 0 saturated carbocycles. The van der Waals surface area contributed by atoms with Gasteiger partial charge in [0.05, 0.1) is 5.92 Å². The summed E-state index contributed by atoms with van der Waals surface area (Å²) in [6, 6.07) is 0. The predicted molar refractivity (Wildman–Crippen MR) is 60.6 cm³/mol. The lowest BCUT2D eigenvalue weighted by Gasteiger charge is -2.29. The van der Waals surface area contributed by atoms with Crippen molar-refractivity contribution in [3.05, 3.63) is 0 Å². The lowest BCUT2D eigenvalue weighted by molar-refractivity contribution is -0.158. The molecule has 15 heavy (non-hydrogen) atoms. The second-order valence-corrected chi connectivity index (χ2v) is 5.49. The molecule has 0 aliphatic carbocycles. The maximum absolute atomic E-state index is 11.8. The zero-order chi connectivity index (χ0) is 11.5. The van der Waals surface area contributed by atoms with Crippen LogP contribution >= 0.6 is 0 Å². The molecular formula is C12H23NO2. The Labute approximate surface area is 92.6 Å². The van der Waals surface area contributed by atoms with Gasteiger partial charge in [0.1, 0.15) is 6.10 Å². The zero-order valence-corrected chi connectivity index (χ0v) is 10.3. The van der Waals surface area contributed by atoms with Crippen LogP contribution in [0.5, 0.6) is 0 Å². The second-order valence-electron chi connectivity index (χ2n) is 5.49. The lowest BCUT2D eigenvalue weighted by atomic mass is 9.90. The SMILES string of the molecule is CC(OC(=O)[C@@H]1CCCNC1)C(C)(C)C. The molecule has 1 aliphatic heterocycles. The van der Waals surface area contributed by atoms with Gasteiger partial charge in [0, 0.05) is 6.54 Å². The molecule has 2 atom stereocenters. The first-order chi connectivity index (χ1) is 6.91. The average molecular weight is 213 g/mol. The van der Waals surface area contributed by atoms with Gasteiger partial charge in [-0.1, -0.05) is 20.8 Å². The standard InChI is InChI=1S/C12H23NO2/c1-9(12(2,3)4)15-11(14)10-6-5-7-13-8-10/h9-10,13H,5-8H2,1-4H3/t9?,10-/m1/s1. The summed E-state index contributed by atoms with van der Waals surface area (Å²) in [4.78, 5) is 11.8. The van der Waals surface area contributed by atoms with E-state index in [0.717, 1.165) is 25.9 Å². The lowest BCUT2D eigenvalue weighted by Crippen LogP contribution is -2.38. The van der Waals surface area contributed by atoms with Gasteiger partial charge >= 0.3 is 5.97 Å². The van der Waals surface area contributed by atoms with Crippen LogP contribution in [-0.2, 0) is 9.53 Å². The van der Waals surface area contributed by atoms with Gasteiger partial charge in [0.15, 0.2) is 0 Å². The Morgan fingerprint density at radius 3 is 2.60 bits per heavy atom. The molecular weight excluding hydrogens is 190 g/mol. The quantitative estimate of drug-likeness (QED) is 0.713. The van der Waals surface area contributed by atoms with Crippen LogP contribution in [0.4, 0.5) is 0 Å². The molecule has 0 amide bonds. The van der Waals surface area contributed by atoms with Crippen molar-refractivity contribution in [1.82, 2.24) is 5.32 Å². The number of carbonyl (C=O) groups excluding carboxylic acids is 1. The Balaban J connectivity index is 2.40. The molecule has 3 heteroatoms. The van der Waals surface area contributed by atoms with E-state index in [1.165, 1.54) is 0 Å². The summed E-state index contributed by atoms with van der Waals surface area (Å²) < 4.78 is 5.48. The minimum Gasteiger partial charge on any atom is -0.462 e. The fourth-order valence-electron chi connectivity index (χ4n) is 1.50. The van der Waals surface area contributed by atoms with Gasteiger partial charge < -0.3 is 10.1 Å². The Bertz CT molecular complexity index is 214. The number of hydrogen-bond donors (Lipinski definition) is 1. The van der Waals surface area contributed by atoms with Crippen molar-refractivity contribution in [1.29, 1.82) is 0 Å². The summed E-state index contributed by atoms with van der Waals surface area (Å²) in [6.45, 7) is 10.0. The van der Waals surface area contributed by atoms with E-state index in [1.807, 2.05) is 6.92 Å². The maximum Gasteiger partial charge on any atom is 0.310 e. The summed E-state index contributed by atoms with van der Waals surface area (Å²) >= 11 is 0. The highest BCUT2D eigenvalue weighted by Crippen LogP contribution is 2.23. The van der Waals surface area contributed by atoms with E-state index in [4.69, 9.17) is 4.74 Å². The molecule has 0 spiro atoms. The van der Waals surface area contributed by atoms with Gasteiger partial charge in [-0.15, -0.1) is 0 Å². The van der Waals surface area contributed by atoms with Gasteiger partial charge in [-0.2, -0.15) is 0 Å². The fraction of sp³-hybridized carbons (Fsp3) is 0.917. The predicted octanol–water partition coefficient (Wildman–Crippen LogP) is 1.96. The Morgan fingerprint density at radius 2 is 2.13 bits per heavy atom. The van der Waals surface area contributed by atoms with Crippen molar-refractivity contribution in [2.24, 2.45) is 11.3 Å². The molecule has 1 N–H and O–H groups in total. The number of piperidine rings is 1. The first kappa shape index (κ1) is 12.5. The molecule has 1 unspecified atom stereocenters. The van der Waals surface area contributed by atoms with Crippen LogP contribution in [-0.4, -0.2) is 25.2 Å². The monoisotopic (exact) mass is 213 g/mol. The molecule has 0 radical (unpaired) electrons. The highest BCUT2D eigenvalue weighted by Gasteiger charge is 2.28. The van der Waals surface area contributed by atoms with Crippen molar-refractivity contribution in [2.75, 3.05) is 13.1 Å². The highest BCUT2D eigenvalue weighted by atomic mass is 16.5. The van der Waals surface area contributed by atoms with Gasteiger partial charge in [-0.3, -0.25) is 4.79 Å². The van der Waals surface area contributed by atoms with E-state index in [-0.39, 0.29) is 23.4 Å². The van der Waals surface area contributed by atoms with Crippen molar-refractivity contribution in [3.8, 4) is 0 Å². The van der Waals surface area contributed by atoms with E-state index in [1.54, 1.807) is 0 Å². The molecule has 1 aliphatic rings. The minimum absolute atomic E-state index is 0.0214. The van der Waals surface area contributed by atoms with E-state index < -0.39 is 0 Å². The Morgan fingerprint density at radius 1 is 1.47 bits per heavy atom. The number of ether oxygens (including phenoxy) is 1. The Hall–Kier alpha value is -0.570. The van der Waals surface area contributed by atoms with Crippen molar-refractivity contribution in [3.63, 3.8) is 0 Å². The Kier molecular flexibility index (Phi) is 4.14. The number of carbonyl (C=O) groups is 1. The third-order valence-corrected chi connectivity index (χ3v) is 3.14. The molecule has 88 valence electrons. The van der Waals surface area contributed by atoms with Gasteiger partial charge in [0.2, 0.25) is 0 Å². The number of hydrogen-bond acceptors (Lipinski definition) is 3. The van der Waals surface area contributed by atoms with Gasteiger partial charge in [-0.05, 0) is 31.7 Å². The highest BCUT2D eigenvalue weighted by molar-refractivity contribution is 5.73. The molecule has 0 aromatic carbocycles. The van der Waals surface area contributed by atoms with Gasteiger partial charge in [-0.25, -0.2) is 0 Å². The van der Waals surface area contributed by atoms with Crippen LogP contribution in [0, 0.1) is 11.3 Å². The van der Waals surface area contributed by atoms with Crippen LogP contribution in [0.2, 0.25) is 0 Å². The zero-order valence-electron chi connectivity index (χ0n) is 10.3. The topological polar surface area (TPSA) is 38.3 Å². The van der Waals surface area contributed by atoms with Crippen molar-refractivity contribution in [2.45, 2.75) is 46.6 Å². The first-order valence-electron chi connectivity index (χ1n) is 5.82. The first-order valence-corrected chi connectivity index (χ1v) is 5.82. The van der Waals surface area contributed by atoms with Crippen molar-refractivity contribution < 1.29 is 9.53 Å². The van der Waals surface area contributed by atoms with Crippen LogP contribution in [0.15, 0.2) is 0 Å². The minimum atomic E-state index is -0.0374. The third kappa shape index (κ3) is 3.82. The van der Waals surface area contributed by atoms with E-state index in [2.05, 4.69) is 26.1 Å². The molecule has 0 bridgehead atoms. The van der Waals surface area contributed by atoms with E-state index in [9.17, 15) is 4.79 Å². The fourth-order valence-corrected chi connectivity index (χ4v) is 1.50. The molecule has 0 aromatic rings. The summed E-state index contributed by atoms with van der Waals surface area (Å²) in [5.74, 6) is 0.0215. The molecule has 1 heterocycles. The summed E-state index contributed by atoms with van der Waals surface area (Å²) in [5.41, 5.74) is 0.0256. The van der Waals surface area contributed by atoms with Crippen LogP contribution < -0.4 is 5.32 Å². The van der Waals surface area contributed by atoms with E-state index in [0.29, 0.717) is 0 Å². The maximum atomic E-state index is 11.8. The van der Waals surface area contributed by atoms with Crippen molar-refractivity contribution >= 4 is 5.97 Å². The number of esters is 1. The normalized spacial score (nSPS) is 24.7. The molecule has 3 nitrogen and oxygen atoms in total. The molecule has 1 rings (SSSR count). The molecule has 0 aromatic heterocycles. The van der Waals surface area contributed by atoms with E-state index >= 15 is 0 Å². The molecule has 1 fully saturated rings. The van der Waals surface area contributed by atoms with Crippen LogP contribution in [0.1, 0.15) is 40.5 Å². The summed E-state index contributed by atoms with van der Waals surface area (Å²) in [7, 11) is 0. The van der Waals surface area contributed by atoms with Crippen LogP contribution in [0.25, 0.3) is 0 Å². The van der Waals surface area contributed by atoms with Gasteiger partial charge in [0.25, 0.3) is 0 Å². The number of rotatable bonds is 2. The largest absolute Gasteiger partial charge is 0.462 e. The summed E-state index contributed by atoms with van der Waals surface area (Å²) in [6.07, 6.45) is 2.01.